The second kappa shape index (κ2) is 4.78. The molecule has 0 bridgehead atoms. The van der Waals surface area contributed by atoms with Crippen LogP contribution in [0.1, 0.15) is 10.4 Å². The fourth-order valence-corrected chi connectivity index (χ4v) is 2.29. The smallest absolute Gasteiger partial charge is 0.250 e. The lowest BCUT2D eigenvalue weighted by Crippen LogP contribution is -2.11. The van der Waals surface area contributed by atoms with E-state index in [-0.39, 0.29) is 10.6 Å². The summed E-state index contributed by atoms with van der Waals surface area (Å²) in [5, 5.41) is 0.780. The molecule has 0 aliphatic carbocycles. The molecule has 0 fully saturated rings. The Morgan fingerprint density at radius 1 is 1.00 bits per heavy atom. The first-order valence-corrected chi connectivity index (χ1v) is 5.70. The monoisotopic (exact) mass is 265 g/mol. The molecule has 86 valence electrons. The zero-order valence-electron chi connectivity index (χ0n) is 8.78. The van der Waals surface area contributed by atoms with Gasteiger partial charge in [-0.3, -0.25) is 4.79 Å². The Hall–Kier alpha value is -1.51. The third kappa shape index (κ3) is 2.28. The first kappa shape index (κ1) is 12.0. The molecule has 0 aliphatic rings. The van der Waals surface area contributed by atoms with Gasteiger partial charge in [0, 0.05) is 10.6 Å². The standard InChI is InChI=1S/C13H9Cl2NO/c14-10-7-6-9(13(16)17)12(15)11(10)8-4-2-1-3-5-8/h1-7H,(H2,16,17). The number of benzene rings is 2. The van der Waals surface area contributed by atoms with Gasteiger partial charge in [0.2, 0.25) is 5.91 Å². The van der Waals surface area contributed by atoms with Crippen LogP contribution < -0.4 is 5.73 Å². The van der Waals surface area contributed by atoms with Crippen molar-refractivity contribution in [3.05, 3.63) is 58.1 Å². The molecule has 0 radical (unpaired) electrons. The summed E-state index contributed by atoms with van der Waals surface area (Å²) in [5.74, 6) is -0.566. The van der Waals surface area contributed by atoms with Crippen LogP contribution in [0.2, 0.25) is 10.0 Å². The Labute approximate surface area is 109 Å². The first-order chi connectivity index (χ1) is 8.11. The number of carbonyl (C=O) groups is 1. The van der Waals surface area contributed by atoms with E-state index < -0.39 is 5.91 Å². The van der Waals surface area contributed by atoms with Gasteiger partial charge in [-0.15, -0.1) is 0 Å². The van der Waals surface area contributed by atoms with Gasteiger partial charge in [0.05, 0.1) is 10.6 Å². The maximum atomic E-state index is 11.2. The summed E-state index contributed by atoms with van der Waals surface area (Å²) in [6, 6.07) is 12.5. The molecule has 0 saturated carbocycles. The Balaban J connectivity index is 2.69. The molecule has 1 amide bonds. The quantitative estimate of drug-likeness (QED) is 0.883. The average Bonchev–Trinajstić information content (AvgIpc) is 2.30. The van der Waals surface area contributed by atoms with Crippen LogP contribution in [0.4, 0.5) is 0 Å². The molecule has 0 saturated heterocycles. The molecule has 2 aromatic rings. The molecule has 0 aromatic heterocycles. The Bertz CT molecular complexity index is 567. The predicted octanol–water partition coefficient (Wildman–Crippen LogP) is 3.76. The van der Waals surface area contributed by atoms with E-state index in [9.17, 15) is 4.79 Å². The van der Waals surface area contributed by atoms with Crippen LogP contribution in [0.5, 0.6) is 0 Å². The van der Waals surface area contributed by atoms with Crippen molar-refractivity contribution in [2.45, 2.75) is 0 Å². The van der Waals surface area contributed by atoms with E-state index in [1.165, 1.54) is 6.07 Å². The van der Waals surface area contributed by atoms with E-state index >= 15 is 0 Å². The first-order valence-electron chi connectivity index (χ1n) is 4.94. The largest absolute Gasteiger partial charge is 0.366 e. The molecule has 0 spiro atoms. The van der Waals surface area contributed by atoms with E-state index in [0.717, 1.165) is 5.56 Å². The molecule has 2 nitrogen and oxygen atoms in total. The van der Waals surface area contributed by atoms with E-state index in [2.05, 4.69) is 0 Å². The van der Waals surface area contributed by atoms with Crippen LogP contribution in [0, 0.1) is 0 Å². The molecule has 2 rings (SSSR count). The Morgan fingerprint density at radius 3 is 2.24 bits per heavy atom. The van der Waals surface area contributed by atoms with Crippen molar-refractivity contribution in [2.24, 2.45) is 5.73 Å². The zero-order chi connectivity index (χ0) is 12.4. The number of hydrogen-bond acceptors (Lipinski definition) is 1. The number of hydrogen-bond donors (Lipinski definition) is 1. The van der Waals surface area contributed by atoms with E-state index in [1.54, 1.807) is 6.07 Å². The summed E-state index contributed by atoms with van der Waals surface area (Å²) in [4.78, 5) is 11.2. The maximum absolute atomic E-state index is 11.2. The summed E-state index contributed by atoms with van der Waals surface area (Å²) < 4.78 is 0. The molecular weight excluding hydrogens is 257 g/mol. The molecule has 4 heteroatoms. The summed E-state index contributed by atoms with van der Waals surface area (Å²) >= 11 is 12.3. The fourth-order valence-electron chi connectivity index (χ4n) is 1.61. The molecule has 17 heavy (non-hydrogen) atoms. The molecule has 2 aromatic carbocycles. The van der Waals surface area contributed by atoms with Gasteiger partial charge in [-0.05, 0) is 17.7 Å². The lowest BCUT2D eigenvalue weighted by Gasteiger charge is -2.09. The van der Waals surface area contributed by atoms with Crippen LogP contribution >= 0.6 is 23.2 Å². The fraction of sp³-hybridized carbons (Fsp3) is 0. The van der Waals surface area contributed by atoms with Crippen LogP contribution in [0.25, 0.3) is 11.1 Å². The van der Waals surface area contributed by atoms with Crippen molar-refractivity contribution in [3.8, 4) is 11.1 Å². The second-order valence-electron chi connectivity index (χ2n) is 3.51. The number of halogens is 2. The summed E-state index contributed by atoms with van der Waals surface area (Å²) in [6.45, 7) is 0. The van der Waals surface area contributed by atoms with Gasteiger partial charge < -0.3 is 5.73 Å². The van der Waals surface area contributed by atoms with E-state index in [4.69, 9.17) is 28.9 Å². The van der Waals surface area contributed by atoms with Gasteiger partial charge in [0.15, 0.2) is 0 Å². The zero-order valence-corrected chi connectivity index (χ0v) is 10.3. The Morgan fingerprint density at radius 2 is 1.65 bits per heavy atom. The third-order valence-electron chi connectivity index (χ3n) is 2.42. The van der Waals surface area contributed by atoms with Gasteiger partial charge in [0.25, 0.3) is 0 Å². The summed E-state index contributed by atoms with van der Waals surface area (Å²) in [5.41, 5.74) is 7.00. The highest BCUT2D eigenvalue weighted by Gasteiger charge is 2.15. The molecule has 0 heterocycles. The van der Waals surface area contributed by atoms with Crippen molar-refractivity contribution in [3.63, 3.8) is 0 Å². The van der Waals surface area contributed by atoms with Crippen LogP contribution in [-0.4, -0.2) is 5.91 Å². The Kier molecular flexibility index (Phi) is 3.36. The number of primary amides is 1. The van der Waals surface area contributed by atoms with Crippen molar-refractivity contribution in [2.75, 3.05) is 0 Å². The molecule has 0 unspecified atom stereocenters. The van der Waals surface area contributed by atoms with Crippen LogP contribution in [0.3, 0.4) is 0 Å². The lowest BCUT2D eigenvalue weighted by molar-refractivity contribution is 0.100. The number of rotatable bonds is 2. The minimum atomic E-state index is -0.566. The minimum Gasteiger partial charge on any atom is -0.366 e. The summed E-state index contributed by atoms with van der Waals surface area (Å²) in [7, 11) is 0. The minimum absolute atomic E-state index is 0.273. The molecular formula is C13H9Cl2NO. The third-order valence-corrected chi connectivity index (χ3v) is 3.13. The van der Waals surface area contributed by atoms with Crippen LogP contribution in [-0.2, 0) is 0 Å². The van der Waals surface area contributed by atoms with Gasteiger partial charge in [0.1, 0.15) is 0 Å². The predicted molar refractivity (Wildman–Crippen MR) is 70.4 cm³/mol. The molecule has 0 aliphatic heterocycles. The average molecular weight is 266 g/mol. The highest BCUT2D eigenvalue weighted by molar-refractivity contribution is 6.41. The topological polar surface area (TPSA) is 43.1 Å². The van der Waals surface area contributed by atoms with E-state index in [1.807, 2.05) is 30.3 Å². The summed E-state index contributed by atoms with van der Waals surface area (Å²) in [6.07, 6.45) is 0. The highest BCUT2D eigenvalue weighted by atomic mass is 35.5. The van der Waals surface area contributed by atoms with Gasteiger partial charge in [-0.25, -0.2) is 0 Å². The second-order valence-corrected chi connectivity index (χ2v) is 4.30. The lowest BCUT2D eigenvalue weighted by atomic mass is 10.0. The molecule has 0 atom stereocenters. The number of carbonyl (C=O) groups excluding carboxylic acids is 1. The van der Waals surface area contributed by atoms with Crippen LogP contribution in [0.15, 0.2) is 42.5 Å². The SMILES string of the molecule is NC(=O)c1ccc(Cl)c(-c2ccccc2)c1Cl. The van der Waals surface area contributed by atoms with Gasteiger partial charge >= 0.3 is 0 Å². The van der Waals surface area contributed by atoms with Crippen molar-refractivity contribution < 1.29 is 4.79 Å². The highest BCUT2D eigenvalue weighted by Crippen LogP contribution is 2.36. The normalized spacial score (nSPS) is 10.2. The van der Waals surface area contributed by atoms with E-state index in [0.29, 0.717) is 10.6 Å². The van der Waals surface area contributed by atoms with Crippen molar-refractivity contribution in [1.82, 2.24) is 0 Å². The van der Waals surface area contributed by atoms with Gasteiger partial charge in [-0.2, -0.15) is 0 Å². The molecule has 2 N–H and O–H groups in total. The van der Waals surface area contributed by atoms with Gasteiger partial charge in [-0.1, -0.05) is 53.5 Å². The number of nitrogens with two attached hydrogens (primary N) is 1. The maximum Gasteiger partial charge on any atom is 0.250 e. The number of amides is 1. The van der Waals surface area contributed by atoms with Crippen molar-refractivity contribution >= 4 is 29.1 Å². The van der Waals surface area contributed by atoms with Crippen molar-refractivity contribution in [1.29, 1.82) is 0 Å².